The molecule has 2 rings (SSSR count). The van der Waals surface area contributed by atoms with E-state index in [0.717, 1.165) is 5.01 Å². The second-order valence-corrected chi connectivity index (χ2v) is 4.49. The Balaban J connectivity index is 2.12. The summed E-state index contributed by atoms with van der Waals surface area (Å²) in [5, 5.41) is 0.874. The fourth-order valence-electron chi connectivity index (χ4n) is 1.42. The number of thiazole rings is 1. The number of hydrogen-bond acceptors (Lipinski definition) is 4. The molecule has 1 saturated heterocycles. The van der Waals surface area contributed by atoms with Crippen molar-refractivity contribution in [2.45, 2.75) is 13.3 Å². The molecule has 5 heteroatoms. The van der Waals surface area contributed by atoms with Gasteiger partial charge in [0.15, 0.2) is 5.78 Å². The fourth-order valence-corrected chi connectivity index (χ4v) is 2.17. The number of carbonyl (C=O) groups is 2. The molecule has 0 saturated carbocycles. The van der Waals surface area contributed by atoms with Crippen LogP contribution in [0.5, 0.6) is 0 Å². The van der Waals surface area contributed by atoms with Gasteiger partial charge in [0.1, 0.15) is 4.88 Å². The summed E-state index contributed by atoms with van der Waals surface area (Å²) >= 11 is 1.37. The predicted molar refractivity (Wildman–Crippen MR) is 52.4 cm³/mol. The number of Topliss-reactive ketones (excluding diaryl/α,β-unsaturated/α-hetero) is 1. The maximum absolute atomic E-state index is 11.7. The lowest BCUT2D eigenvalue weighted by Gasteiger charge is -2.11. The van der Waals surface area contributed by atoms with Crippen LogP contribution in [0.1, 0.15) is 21.1 Å². The summed E-state index contributed by atoms with van der Waals surface area (Å²) in [4.78, 5) is 29.0. The molecule has 0 aliphatic carbocycles. The fraction of sp³-hybridized carbons (Fsp3) is 0.444. The molecule has 0 radical (unpaired) electrons. The first-order chi connectivity index (χ1) is 6.66. The third kappa shape index (κ3) is 1.68. The van der Waals surface area contributed by atoms with E-state index in [2.05, 4.69) is 4.98 Å². The molecule has 14 heavy (non-hydrogen) atoms. The zero-order valence-corrected chi connectivity index (χ0v) is 8.63. The molecule has 0 aromatic carbocycles. The van der Waals surface area contributed by atoms with Gasteiger partial charge in [0.05, 0.1) is 17.7 Å². The second-order valence-electron chi connectivity index (χ2n) is 3.26. The molecule has 0 bridgehead atoms. The van der Waals surface area contributed by atoms with Crippen molar-refractivity contribution in [1.29, 1.82) is 0 Å². The van der Waals surface area contributed by atoms with Crippen LogP contribution in [0.15, 0.2) is 6.20 Å². The number of ketones is 1. The van der Waals surface area contributed by atoms with Crippen LogP contribution in [0.3, 0.4) is 0 Å². The molecule has 1 aliphatic rings. The SMILES string of the molecule is Cc1ncc(C(=O)N2CCC(=O)C2)s1. The molecular weight excluding hydrogens is 200 g/mol. The van der Waals surface area contributed by atoms with Crippen LogP contribution in [-0.2, 0) is 4.79 Å². The Morgan fingerprint density at radius 2 is 2.43 bits per heavy atom. The first-order valence-electron chi connectivity index (χ1n) is 4.40. The van der Waals surface area contributed by atoms with Crippen LogP contribution in [0, 0.1) is 6.92 Å². The first-order valence-corrected chi connectivity index (χ1v) is 5.22. The van der Waals surface area contributed by atoms with Crippen LogP contribution in [0.4, 0.5) is 0 Å². The zero-order chi connectivity index (χ0) is 10.1. The Kier molecular flexibility index (Phi) is 2.33. The Bertz CT molecular complexity index is 386. The lowest BCUT2D eigenvalue weighted by atomic mass is 10.4. The van der Waals surface area contributed by atoms with Crippen LogP contribution in [0.25, 0.3) is 0 Å². The van der Waals surface area contributed by atoms with Crippen molar-refractivity contribution in [2.24, 2.45) is 0 Å². The highest BCUT2D eigenvalue weighted by atomic mass is 32.1. The van der Waals surface area contributed by atoms with Crippen molar-refractivity contribution in [3.63, 3.8) is 0 Å². The Morgan fingerprint density at radius 3 is 2.93 bits per heavy atom. The Hall–Kier alpha value is -1.23. The summed E-state index contributed by atoms with van der Waals surface area (Å²) in [6.45, 7) is 2.67. The lowest BCUT2D eigenvalue weighted by Crippen LogP contribution is -2.27. The van der Waals surface area contributed by atoms with Crippen molar-refractivity contribution in [3.8, 4) is 0 Å². The number of nitrogens with zero attached hydrogens (tertiary/aromatic N) is 2. The maximum Gasteiger partial charge on any atom is 0.265 e. The van der Waals surface area contributed by atoms with Crippen molar-refractivity contribution in [3.05, 3.63) is 16.1 Å². The van der Waals surface area contributed by atoms with Crippen molar-refractivity contribution in [1.82, 2.24) is 9.88 Å². The van der Waals surface area contributed by atoms with E-state index in [1.165, 1.54) is 11.3 Å². The topological polar surface area (TPSA) is 50.3 Å². The number of amides is 1. The van der Waals surface area contributed by atoms with E-state index >= 15 is 0 Å². The van der Waals surface area contributed by atoms with Crippen LogP contribution < -0.4 is 0 Å². The molecule has 1 fully saturated rings. The third-order valence-corrected chi connectivity index (χ3v) is 3.05. The van der Waals surface area contributed by atoms with Gasteiger partial charge >= 0.3 is 0 Å². The normalized spacial score (nSPS) is 16.4. The van der Waals surface area contributed by atoms with E-state index < -0.39 is 0 Å². The smallest absolute Gasteiger partial charge is 0.265 e. The van der Waals surface area contributed by atoms with Gasteiger partial charge in [-0.25, -0.2) is 4.98 Å². The van der Waals surface area contributed by atoms with Gasteiger partial charge in [-0.15, -0.1) is 11.3 Å². The molecule has 1 aliphatic heterocycles. The van der Waals surface area contributed by atoms with Crippen molar-refractivity contribution >= 4 is 23.0 Å². The Morgan fingerprint density at radius 1 is 1.64 bits per heavy atom. The molecule has 0 spiro atoms. The summed E-state index contributed by atoms with van der Waals surface area (Å²) in [7, 11) is 0. The molecule has 0 atom stereocenters. The molecule has 2 heterocycles. The molecule has 1 aromatic heterocycles. The van der Waals surface area contributed by atoms with Gasteiger partial charge < -0.3 is 4.90 Å². The Labute approximate surface area is 85.6 Å². The molecule has 0 N–H and O–H groups in total. The largest absolute Gasteiger partial charge is 0.330 e. The lowest BCUT2D eigenvalue weighted by molar-refractivity contribution is -0.116. The van der Waals surface area contributed by atoms with Gasteiger partial charge in [-0.2, -0.15) is 0 Å². The second kappa shape index (κ2) is 3.49. The molecule has 1 aromatic rings. The van der Waals surface area contributed by atoms with E-state index in [9.17, 15) is 9.59 Å². The quantitative estimate of drug-likeness (QED) is 0.691. The van der Waals surface area contributed by atoms with Crippen LogP contribution in [0.2, 0.25) is 0 Å². The summed E-state index contributed by atoms with van der Waals surface area (Å²) in [5.74, 6) is 0.0704. The molecular formula is C9H10N2O2S. The third-order valence-electron chi connectivity index (χ3n) is 2.15. The monoisotopic (exact) mass is 210 g/mol. The minimum atomic E-state index is -0.0681. The number of rotatable bonds is 1. The van der Waals surface area contributed by atoms with Gasteiger partial charge in [-0.05, 0) is 6.92 Å². The number of aryl methyl sites for hydroxylation is 1. The summed E-state index contributed by atoms with van der Waals surface area (Å²) < 4.78 is 0. The van der Waals surface area contributed by atoms with Crippen LogP contribution in [-0.4, -0.2) is 34.7 Å². The first kappa shape index (κ1) is 9.33. The minimum absolute atomic E-state index is 0.0681. The highest BCUT2D eigenvalue weighted by molar-refractivity contribution is 7.13. The standard InChI is InChI=1S/C9H10N2O2S/c1-6-10-4-8(14-6)9(13)11-3-2-7(12)5-11/h4H,2-3,5H2,1H3. The van der Waals surface area contributed by atoms with E-state index in [1.807, 2.05) is 6.92 Å². The average Bonchev–Trinajstić information content (AvgIpc) is 2.73. The number of likely N-dealkylation sites (tertiary alicyclic amines) is 1. The highest BCUT2D eigenvalue weighted by Crippen LogP contribution is 2.16. The summed E-state index contributed by atoms with van der Waals surface area (Å²) in [6, 6.07) is 0. The maximum atomic E-state index is 11.7. The molecule has 4 nitrogen and oxygen atoms in total. The number of hydrogen-bond donors (Lipinski definition) is 0. The number of aromatic nitrogens is 1. The zero-order valence-electron chi connectivity index (χ0n) is 7.82. The minimum Gasteiger partial charge on any atom is -0.330 e. The molecule has 1 amide bonds. The molecule has 74 valence electrons. The van der Waals surface area contributed by atoms with Gasteiger partial charge in [0.25, 0.3) is 5.91 Å². The van der Waals surface area contributed by atoms with E-state index in [1.54, 1.807) is 11.1 Å². The number of carbonyl (C=O) groups excluding carboxylic acids is 2. The van der Waals surface area contributed by atoms with Gasteiger partial charge in [0.2, 0.25) is 0 Å². The highest BCUT2D eigenvalue weighted by Gasteiger charge is 2.25. The van der Waals surface area contributed by atoms with Crippen molar-refractivity contribution < 1.29 is 9.59 Å². The van der Waals surface area contributed by atoms with E-state index in [4.69, 9.17) is 0 Å². The van der Waals surface area contributed by atoms with Gasteiger partial charge in [-0.3, -0.25) is 9.59 Å². The average molecular weight is 210 g/mol. The van der Waals surface area contributed by atoms with E-state index in [-0.39, 0.29) is 18.2 Å². The van der Waals surface area contributed by atoms with Crippen LogP contribution >= 0.6 is 11.3 Å². The van der Waals surface area contributed by atoms with Gasteiger partial charge in [-0.1, -0.05) is 0 Å². The molecule has 0 unspecified atom stereocenters. The van der Waals surface area contributed by atoms with E-state index in [0.29, 0.717) is 17.8 Å². The predicted octanol–water partition coefficient (Wildman–Crippen LogP) is 0.867. The van der Waals surface area contributed by atoms with Crippen molar-refractivity contribution in [2.75, 3.05) is 13.1 Å². The summed E-state index contributed by atoms with van der Waals surface area (Å²) in [6.07, 6.45) is 2.06. The summed E-state index contributed by atoms with van der Waals surface area (Å²) in [5.41, 5.74) is 0. The van der Waals surface area contributed by atoms with Gasteiger partial charge in [0, 0.05) is 13.0 Å².